The van der Waals surface area contributed by atoms with Crippen LogP contribution in [0, 0.1) is 0 Å². The highest BCUT2D eigenvalue weighted by Crippen LogP contribution is 2.25. The quantitative estimate of drug-likeness (QED) is 0.832. The van der Waals surface area contributed by atoms with E-state index in [0.29, 0.717) is 0 Å². The van der Waals surface area contributed by atoms with E-state index in [1.807, 2.05) is 18.3 Å². The van der Waals surface area contributed by atoms with E-state index in [2.05, 4.69) is 9.88 Å². The molecule has 2 rings (SSSR count). The van der Waals surface area contributed by atoms with Crippen molar-refractivity contribution in [3.8, 4) is 0 Å². The number of nitrogens with zero attached hydrogens (tertiary/aromatic N) is 2. The van der Waals surface area contributed by atoms with Crippen LogP contribution < -0.4 is 4.90 Å². The SMILES string of the molecule is C[C@H](O)c1cccnc1N1CCCCCC1. The Morgan fingerprint density at radius 3 is 2.56 bits per heavy atom. The number of hydrogen-bond acceptors (Lipinski definition) is 3. The zero-order valence-electron chi connectivity index (χ0n) is 9.89. The standard InChI is InChI=1S/C13H20N2O/c1-11(16)12-7-6-8-14-13(12)15-9-4-2-3-5-10-15/h6-8,11,16H,2-5,9-10H2,1H3/t11-/m0/s1. The fourth-order valence-corrected chi connectivity index (χ4v) is 2.28. The molecule has 1 aliphatic rings. The summed E-state index contributed by atoms with van der Waals surface area (Å²) >= 11 is 0. The summed E-state index contributed by atoms with van der Waals surface area (Å²) in [6.45, 7) is 3.94. The molecule has 1 atom stereocenters. The van der Waals surface area contributed by atoms with Crippen LogP contribution in [0.15, 0.2) is 18.3 Å². The van der Waals surface area contributed by atoms with Crippen LogP contribution in [0.2, 0.25) is 0 Å². The Bertz CT molecular complexity index is 330. The maximum absolute atomic E-state index is 9.74. The van der Waals surface area contributed by atoms with Gasteiger partial charge in [0.15, 0.2) is 0 Å². The molecule has 0 spiro atoms. The van der Waals surface area contributed by atoms with E-state index in [4.69, 9.17) is 0 Å². The first kappa shape index (κ1) is 11.4. The second-order valence-corrected chi connectivity index (χ2v) is 4.49. The maximum atomic E-state index is 9.74. The van der Waals surface area contributed by atoms with Crippen molar-refractivity contribution in [3.05, 3.63) is 23.9 Å². The van der Waals surface area contributed by atoms with Crippen LogP contribution >= 0.6 is 0 Å². The molecule has 1 aliphatic heterocycles. The molecule has 1 aromatic heterocycles. The zero-order chi connectivity index (χ0) is 11.4. The van der Waals surface area contributed by atoms with Gasteiger partial charge in [0.2, 0.25) is 0 Å². The molecule has 1 aromatic rings. The van der Waals surface area contributed by atoms with Gasteiger partial charge < -0.3 is 10.0 Å². The van der Waals surface area contributed by atoms with Gasteiger partial charge in [0.1, 0.15) is 5.82 Å². The Hall–Kier alpha value is -1.09. The minimum absolute atomic E-state index is 0.438. The number of hydrogen-bond donors (Lipinski definition) is 1. The molecule has 0 amide bonds. The fraction of sp³-hybridized carbons (Fsp3) is 0.615. The lowest BCUT2D eigenvalue weighted by atomic mass is 10.1. The Morgan fingerprint density at radius 2 is 1.94 bits per heavy atom. The Labute approximate surface area is 97.1 Å². The number of rotatable bonds is 2. The van der Waals surface area contributed by atoms with Crippen molar-refractivity contribution in [2.75, 3.05) is 18.0 Å². The van der Waals surface area contributed by atoms with Gasteiger partial charge in [-0.05, 0) is 25.8 Å². The van der Waals surface area contributed by atoms with Crippen molar-refractivity contribution in [3.63, 3.8) is 0 Å². The van der Waals surface area contributed by atoms with Gasteiger partial charge in [0.05, 0.1) is 6.10 Å². The first-order valence-electron chi connectivity index (χ1n) is 6.17. The summed E-state index contributed by atoms with van der Waals surface area (Å²) in [6, 6.07) is 3.86. The van der Waals surface area contributed by atoms with E-state index in [1.165, 1.54) is 25.7 Å². The molecule has 1 saturated heterocycles. The van der Waals surface area contributed by atoms with Crippen LogP contribution in [0.1, 0.15) is 44.3 Å². The molecular formula is C13H20N2O. The molecule has 88 valence electrons. The van der Waals surface area contributed by atoms with Crippen molar-refractivity contribution >= 4 is 5.82 Å². The molecule has 3 nitrogen and oxygen atoms in total. The van der Waals surface area contributed by atoms with Gasteiger partial charge in [-0.25, -0.2) is 4.98 Å². The maximum Gasteiger partial charge on any atom is 0.134 e. The summed E-state index contributed by atoms with van der Waals surface area (Å²) in [5.74, 6) is 0.972. The molecule has 0 aliphatic carbocycles. The van der Waals surface area contributed by atoms with Gasteiger partial charge in [-0.1, -0.05) is 18.9 Å². The third-order valence-corrected chi connectivity index (χ3v) is 3.17. The number of anilines is 1. The van der Waals surface area contributed by atoms with Crippen molar-refractivity contribution in [2.45, 2.75) is 38.7 Å². The van der Waals surface area contributed by atoms with E-state index >= 15 is 0 Å². The van der Waals surface area contributed by atoms with E-state index in [9.17, 15) is 5.11 Å². The van der Waals surface area contributed by atoms with Crippen LogP contribution in [0.5, 0.6) is 0 Å². The lowest BCUT2D eigenvalue weighted by Gasteiger charge is -2.24. The Morgan fingerprint density at radius 1 is 1.25 bits per heavy atom. The summed E-state index contributed by atoms with van der Waals surface area (Å²) in [6.07, 6.45) is 6.46. The van der Waals surface area contributed by atoms with Gasteiger partial charge in [-0.3, -0.25) is 0 Å². The van der Waals surface area contributed by atoms with E-state index in [0.717, 1.165) is 24.5 Å². The molecule has 1 fully saturated rings. The largest absolute Gasteiger partial charge is 0.389 e. The molecule has 0 radical (unpaired) electrons. The number of aromatic nitrogens is 1. The van der Waals surface area contributed by atoms with Gasteiger partial charge in [0.25, 0.3) is 0 Å². The highest BCUT2D eigenvalue weighted by atomic mass is 16.3. The molecule has 0 saturated carbocycles. The second-order valence-electron chi connectivity index (χ2n) is 4.49. The summed E-state index contributed by atoms with van der Waals surface area (Å²) in [5, 5.41) is 9.74. The van der Waals surface area contributed by atoms with E-state index in [1.54, 1.807) is 6.92 Å². The van der Waals surface area contributed by atoms with Crippen LogP contribution in [-0.2, 0) is 0 Å². The molecular weight excluding hydrogens is 200 g/mol. The summed E-state index contributed by atoms with van der Waals surface area (Å²) in [4.78, 5) is 6.75. The van der Waals surface area contributed by atoms with E-state index < -0.39 is 6.10 Å². The molecule has 0 unspecified atom stereocenters. The first-order chi connectivity index (χ1) is 7.79. The van der Waals surface area contributed by atoms with Crippen LogP contribution in [0.4, 0.5) is 5.82 Å². The van der Waals surface area contributed by atoms with Gasteiger partial charge >= 0.3 is 0 Å². The molecule has 2 heterocycles. The predicted octanol–water partition coefficient (Wildman–Crippen LogP) is 2.52. The molecule has 3 heteroatoms. The molecule has 1 N–H and O–H groups in total. The number of aliphatic hydroxyl groups excluding tert-OH is 1. The molecule has 0 bridgehead atoms. The third kappa shape index (κ3) is 2.53. The summed E-state index contributed by atoms with van der Waals surface area (Å²) in [5.41, 5.74) is 0.949. The minimum atomic E-state index is -0.438. The fourth-order valence-electron chi connectivity index (χ4n) is 2.28. The van der Waals surface area contributed by atoms with Gasteiger partial charge in [-0.2, -0.15) is 0 Å². The molecule has 16 heavy (non-hydrogen) atoms. The minimum Gasteiger partial charge on any atom is -0.389 e. The average molecular weight is 220 g/mol. The molecule has 0 aromatic carbocycles. The normalized spacial score (nSPS) is 19.2. The van der Waals surface area contributed by atoms with Crippen molar-refractivity contribution in [1.82, 2.24) is 4.98 Å². The van der Waals surface area contributed by atoms with Crippen LogP contribution in [0.3, 0.4) is 0 Å². The van der Waals surface area contributed by atoms with Crippen molar-refractivity contribution in [2.24, 2.45) is 0 Å². The summed E-state index contributed by atoms with van der Waals surface area (Å²) < 4.78 is 0. The van der Waals surface area contributed by atoms with Gasteiger partial charge in [0, 0.05) is 24.8 Å². The zero-order valence-corrected chi connectivity index (χ0v) is 9.89. The topological polar surface area (TPSA) is 36.4 Å². The van der Waals surface area contributed by atoms with E-state index in [-0.39, 0.29) is 0 Å². The second kappa shape index (κ2) is 5.30. The van der Waals surface area contributed by atoms with Crippen LogP contribution in [-0.4, -0.2) is 23.2 Å². The first-order valence-corrected chi connectivity index (χ1v) is 6.17. The Kier molecular flexibility index (Phi) is 3.78. The highest BCUT2D eigenvalue weighted by molar-refractivity contribution is 5.47. The average Bonchev–Trinajstić information content (AvgIpc) is 2.57. The Balaban J connectivity index is 2.23. The smallest absolute Gasteiger partial charge is 0.134 e. The monoisotopic (exact) mass is 220 g/mol. The number of pyridine rings is 1. The lowest BCUT2D eigenvalue weighted by molar-refractivity contribution is 0.199. The highest BCUT2D eigenvalue weighted by Gasteiger charge is 2.16. The van der Waals surface area contributed by atoms with Crippen molar-refractivity contribution in [1.29, 1.82) is 0 Å². The number of aliphatic hydroxyl groups is 1. The van der Waals surface area contributed by atoms with Crippen LogP contribution in [0.25, 0.3) is 0 Å². The lowest BCUT2D eigenvalue weighted by Crippen LogP contribution is -2.26. The predicted molar refractivity (Wildman–Crippen MR) is 65.6 cm³/mol. The van der Waals surface area contributed by atoms with Crippen molar-refractivity contribution < 1.29 is 5.11 Å². The third-order valence-electron chi connectivity index (χ3n) is 3.17. The van der Waals surface area contributed by atoms with Gasteiger partial charge in [-0.15, -0.1) is 0 Å². The summed E-state index contributed by atoms with van der Waals surface area (Å²) in [7, 11) is 0.